The number of nitrogens with one attached hydrogen (secondary N) is 6. The molecule has 1 unspecified atom stereocenters. The van der Waals surface area contributed by atoms with Gasteiger partial charge >= 0.3 is 11.9 Å². The third-order valence-electron chi connectivity index (χ3n) is 14.5. The van der Waals surface area contributed by atoms with Crippen molar-refractivity contribution in [1.29, 1.82) is 10.8 Å². The molecule has 3 atom stereocenters. The van der Waals surface area contributed by atoms with Crippen molar-refractivity contribution in [2.24, 2.45) is 17.2 Å². The van der Waals surface area contributed by atoms with Crippen LogP contribution in [0.15, 0.2) is 0 Å². The van der Waals surface area contributed by atoms with Gasteiger partial charge in [0.15, 0.2) is 11.9 Å². The van der Waals surface area contributed by atoms with Crippen LogP contribution in [0.25, 0.3) is 0 Å². The van der Waals surface area contributed by atoms with Gasteiger partial charge in [-0.25, -0.2) is 0 Å². The maximum atomic E-state index is 13.3. The van der Waals surface area contributed by atoms with E-state index in [0.29, 0.717) is 90.6 Å². The second kappa shape index (κ2) is 54.3. The highest BCUT2D eigenvalue weighted by molar-refractivity contribution is 5.89. The van der Waals surface area contributed by atoms with Crippen LogP contribution in [0.1, 0.15) is 278 Å². The van der Waals surface area contributed by atoms with Crippen molar-refractivity contribution in [2.75, 3.05) is 45.9 Å². The van der Waals surface area contributed by atoms with E-state index in [4.69, 9.17) is 37.5 Å². The van der Waals surface area contributed by atoms with Crippen LogP contribution in [0.5, 0.6) is 0 Å². The fourth-order valence-corrected chi connectivity index (χ4v) is 9.68. The highest BCUT2D eigenvalue weighted by atomic mass is 16.5. The quantitative estimate of drug-likeness (QED) is 0.0118. The summed E-state index contributed by atoms with van der Waals surface area (Å²) < 4.78 is 11.6. The van der Waals surface area contributed by atoms with Gasteiger partial charge in [0.1, 0.15) is 12.1 Å². The number of carbonyl (C=O) groups excluding carboxylic acids is 4. The molecule has 0 spiro atoms. The Bertz CT molecular complexity index is 1430. The minimum Gasteiger partial charge on any atom is -0.466 e. The Kier molecular flexibility index (Phi) is 51.7. The monoisotopic (exact) mass is 1090 g/mol. The van der Waals surface area contributed by atoms with Gasteiger partial charge in [-0.15, -0.1) is 0 Å². The molecule has 2 amide bonds. The summed E-state index contributed by atoms with van der Waals surface area (Å²) in [6, 6.07) is -1.65. The zero-order chi connectivity index (χ0) is 56.8. The summed E-state index contributed by atoms with van der Waals surface area (Å²) in [4.78, 5) is 54.0. The van der Waals surface area contributed by atoms with E-state index in [2.05, 4.69) is 46.9 Å². The first-order valence-electron chi connectivity index (χ1n) is 31.6. The molecule has 13 N–H and O–H groups in total. The molecule has 452 valence electrons. The van der Waals surface area contributed by atoms with Crippen molar-refractivity contribution >= 4 is 35.7 Å². The number of aliphatic hydroxyl groups is 1. The lowest BCUT2D eigenvalue weighted by molar-refractivity contribution is -0.150. The number of rotatable bonds is 57. The number of hydrogen-bond donors (Lipinski definition) is 10. The fraction of sp³-hybridized carbons (Fsp3) is 0.900. The highest BCUT2D eigenvalue weighted by Gasteiger charge is 2.24. The summed E-state index contributed by atoms with van der Waals surface area (Å²) >= 11 is 0. The molecule has 0 aromatic rings. The SMILES string of the molecule is CCCCCCCCCCCOC(=O)CCCCCN(CCCCCCCC(=O)OC(CCCCCCCC)CCCCCCCC)CC(O)CCCCNC(=O)[C@H](CCCNC(=N)N)NC(=O)[C@@H](N)CCCNC(=N)N. The third kappa shape index (κ3) is 50.3. The predicted octanol–water partition coefficient (Wildman–Crippen LogP) is 10.7. The number of hydrogen-bond acceptors (Lipinski definition) is 11. The fourth-order valence-electron chi connectivity index (χ4n) is 9.68. The second-order valence-electron chi connectivity index (χ2n) is 22.0. The molecule has 0 radical (unpaired) electrons. The lowest BCUT2D eigenvalue weighted by Crippen LogP contribution is -2.52. The van der Waals surface area contributed by atoms with E-state index in [-0.39, 0.29) is 35.9 Å². The van der Waals surface area contributed by atoms with Crippen molar-refractivity contribution in [1.82, 2.24) is 26.2 Å². The summed E-state index contributed by atoms with van der Waals surface area (Å²) in [5, 5.41) is 37.1. The molecule has 17 heteroatoms. The van der Waals surface area contributed by atoms with Crippen molar-refractivity contribution in [3.05, 3.63) is 0 Å². The smallest absolute Gasteiger partial charge is 0.306 e. The highest BCUT2D eigenvalue weighted by Crippen LogP contribution is 2.19. The van der Waals surface area contributed by atoms with E-state index in [1.165, 1.54) is 109 Å². The van der Waals surface area contributed by atoms with Gasteiger partial charge in [-0.2, -0.15) is 0 Å². The van der Waals surface area contributed by atoms with E-state index in [9.17, 15) is 24.3 Å². The molecule has 0 bridgehead atoms. The predicted molar refractivity (Wildman–Crippen MR) is 318 cm³/mol. The molecule has 0 aromatic carbocycles. The molecule has 0 rings (SSSR count). The van der Waals surface area contributed by atoms with E-state index >= 15 is 0 Å². The van der Waals surface area contributed by atoms with Gasteiger partial charge in [-0.1, -0.05) is 162 Å². The number of amides is 2. The molecule has 0 saturated carbocycles. The van der Waals surface area contributed by atoms with E-state index in [0.717, 1.165) is 103 Å². The first-order valence-corrected chi connectivity index (χ1v) is 31.6. The van der Waals surface area contributed by atoms with E-state index in [1.807, 2.05) is 0 Å². The van der Waals surface area contributed by atoms with Crippen LogP contribution in [0.4, 0.5) is 0 Å². The molecule has 0 aromatic heterocycles. The van der Waals surface area contributed by atoms with Gasteiger partial charge in [0.25, 0.3) is 0 Å². The largest absolute Gasteiger partial charge is 0.466 e. The Balaban J connectivity index is 5.11. The molecule has 77 heavy (non-hydrogen) atoms. The molecule has 0 aliphatic rings. The number of esters is 2. The summed E-state index contributed by atoms with van der Waals surface area (Å²) in [6.45, 7) is 10.6. The molecule has 0 aliphatic carbocycles. The number of nitrogens with zero attached hydrogens (tertiary/aromatic N) is 1. The topological polar surface area (TPSA) is 284 Å². The molecule has 0 saturated heterocycles. The molecular weight excluding hydrogens is 973 g/mol. The van der Waals surface area contributed by atoms with Crippen molar-refractivity contribution in [3.63, 3.8) is 0 Å². The molecule has 0 fully saturated rings. The standard InChI is InChI=1S/C60H120N10O7/c1-4-7-10-13-16-17-18-24-34-49-76-55(72)42-29-25-33-48-70(47-32-23-19-22-28-43-56(73)77-52(38-26-20-14-11-8-5-2)39-27-21-15-12-9-6-3)50-51(71)37-30-31-44-66-58(75)54(41-36-46-68-60(64)65)69-57(74)53(61)40-35-45-67-59(62)63/h51-54,71H,4-50,61H2,1-3H3,(H,66,75)(H,69,74)(H4,62,63,67)(H4,64,65,68)/t51?,53-,54-/m0/s1. The summed E-state index contributed by atoms with van der Waals surface area (Å²) in [6.07, 6.45) is 39.5. The average Bonchev–Trinajstić information content (AvgIpc) is 3.39. The van der Waals surface area contributed by atoms with Gasteiger partial charge in [0, 0.05) is 39.0 Å². The first kappa shape index (κ1) is 73.3. The van der Waals surface area contributed by atoms with Crippen molar-refractivity contribution in [2.45, 2.75) is 302 Å². The number of guanidine groups is 2. The maximum absolute atomic E-state index is 13.3. The van der Waals surface area contributed by atoms with Gasteiger partial charge in [0.05, 0.1) is 18.8 Å². The van der Waals surface area contributed by atoms with Gasteiger partial charge in [-0.05, 0) is 116 Å². The number of aliphatic hydroxyl groups excluding tert-OH is 1. The van der Waals surface area contributed by atoms with Crippen LogP contribution >= 0.6 is 0 Å². The number of nitrogens with two attached hydrogens (primary N) is 3. The van der Waals surface area contributed by atoms with E-state index < -0.39 is 24.1 Å². The minimum absolute atomic E-state index is 0.0430. The molecular formula is C60H120N10O7. The summed E-state index contributed by atoms with van der Waals surface area (Å²) in [5.41, 5.74) is 16.9. The lowest BCUT2D eigenvalue weighted by Gasteiger charge is -2.25. The molecule has 0 heterocycles. The zero-order valence-electron chi connectivity index (χ0n) is 49.6. The van der Waals surface area contributed by atoms with Gasteiger partial charge in [-0.3, -0.25) is 30.0 Å². The Morgan fingerprint density at radius 3 is 1.44 bits per heavy atom. The Morgan fingerprint density at radius 1 is 0.481 bits per heavy atom. The van der Waals surface area contributed by atoms with Gasteiger partial charge in [0.2, 0.25) is 11.8 Å². The second-order valence-corrected chi connectivity index (χ2v) is 22.0. The number of ether oxygens (including phenoxy) is 2. The van der Waals surface area contributed by atoms with Crippen LogP contribution in [0.3, 0.4) is 0 Å². The van der Waals surface area contributed by atoms with Gasteiger partial charge < -0.3 is 57.9 Å². The first-order chi connectivity index (χ1) is 37.3. The number of unbranched alkanes of at least 4 members (excludes halogenated alkanes) is 25. The summed E-state index contributed by atoms with van der Waals surface area (Å²) in [5.74, 6) is -1.24. The molecule has 0 aliphatic heterocycles. The Morgan fingerprint density at radius 2 is 0.909 bits per heavy atom. The molecule has 17 nitrogen and oxygen atoms in total. The van der Waals surface area contributed by atoms with Crippen LogP contribution in [-0.2, 0) is 28.7 Å². The number of carbonyl (C=O) groups is 4. The Hall–Kier alpha value is -3.70. The minimum atomic E-state index is -0.835. The van der Waals surface area contributed by atoms with Crippen molar-refractivity contribution < 1.29 is 33.8 Å². The summed E-state index contributed by atoms with van der Waals surface area (Å²) in [7, 11) is 0. The third-order valence-corrected chi connectivity index (χ3v) is 14.5. The average molecular weight is 1090 g/mol. The van der Waals surface area contributed by atoms with Crippen LogP contribution in [0.2, 0.25) is 0 Å². The lowest BCUT2D eigenvalue weighted by atomic mass is 10.0. The Labute approximate surface area is 469 Å². The zero-order valence-corrected chi connectivity index (χ0v) is 49.6. The van der Waals surface area contributed by atoms with Crippen molar-refractivity contribution in [3.8, 4) is 0 Å². The van der Waals surface area contributed by atoms with E-state index in [1.54, 1.807) is 0 Å². The maximum Gasteiger partial charge on any atom is 0.306 e. The van der Waals surface area contributed by atoms with Crippen LogP contribution in [-0.4, -0.2) is 116 Å². The normalized spacial score (nSPS) is 12.6. The van der Waals surface area contributed by atoms with Crippen LogP contribution in [0, 0.1) is 10.8 Å². The van der Waals surface area contributed by atoms with Crippen LogP contribution < -0.4 is 38.5 Å².